The van der Waals surface area contributed by atoms with E-state index in [0.717, 1.165) is 11.1 Å². The van der Waals surface area contributed by atoms with E-state index in [2.05, 4.69) is 5.10 Å². The molecular weight excluding hydrogens is 372 g/mol. The summed E-state index contributed by atoms with van der Waals surface area (Å²) in [6.45, 7) is 4.22. The molecule has 4 nitrogen and oxygen atoms in total. The van der Waals surface area contributed by atoms with E-state index in [1.807, 2.05) is 49.4 Å². The third kappa shape index (κ3) is 3.58. The Bertz CT molecular complexity index is 1170. The number of ether oxygens (including phenoxy) is 1. The van der Waals surface area contributed by atoms with Gasteiger partial charge in [-0.3, -0.25) is 0 Å². The van der Waals surface area contributed by atoms with Gasteiger partial charge in [0.05, 0.1) is 30.4 Å². The van der Waals surface area contributed by atoms with Crippen molar-refractivity contribution in [2.75, 3.05) is 7.11 Å². The Kier molecular flexibility index (Phi) is 5.01. The van der Waals surface area contributed by atoms with E-state index in [4.69, 9.17) is 9.72 Å². The van der Waals surface area contributed by atoms with Crippen molar-refractivity contribution in [3.8, 4) is 17.0 Å². The zero-order valence-electron chi connectivity index (χ0n) is 16.5. The number of nitrogens with zero attached hydrogens (tertiary/aromatic N) is 3. The van der Waals surface area contributed by atoms with Crippen molar-refractivity contribution in [3.05, 3.63) is 77.0 Å². The first kappa shape index (κ1) is 19.1. The highest BCUT2D eigenvalue weighted by molar-refractivity contribution is 5.86. The minimum atomic E-state index is -2.63. The smallest absolute Gasteiger partial charge is 0.264 e. The van der Waals surface area contributed by atoms with Crippen molar-refractivity contribution >= 4 is 11.0 Å². The maximum absolute atomic E-state index is 13.9. The molecule has 0 saturated heterocycles. The largest absolute Gasteiger partial charge is 0.496 e. The number of hydrogen-bond acceptors (Lipinski definition) is 3. The van der Waals surface area contributed by atoms with E-state index in [1.165, 1.54) is 6.07 Å². The second kappa shape index (κ2) is 7.62. The Morgan fingerprint density at radius 2 is 1.76 bits per heavy atom. The number of fused-ring (bicyclic) bond motifs is 1. The summed E-state index contributed by atoms with van der Waals surface area (Å²) >= 11 is 0. The Morgan fingerprint density at radius 3 is 2.45 bits per heavy atom. The third-order valence-electron chi connectivity index (χ3n) is 4.98. The summed E-state index contributed by atoms with van der Waals surface area (Å²) in [6.07, 6.45) is -2.63. The zero-order chi connectivity index (χ0) is 20.5. The van der Waals surface area contributed by atoms with Crippen LogP contribution < -0.4 is 4.74 Å². The van der Waals surface area contributed by atoms with E-state index in [0.29, 0.717) is 40.3 Å². The molecule has 0 bridgehead atoms. The van der Waals surface area contributed by atoms with E-state index >= 15 is 0 Å². The van der Waals surface area contributed by atoms with E-state index < -0.39 is 6.43 Å². The van der Waals surface area contributed by atoms with Crippen LogP contribution in [0.3, 0.4) is 0 Å². The number of pyridine rings is 1. The highest BCUT2D eigenvalue weighted by Crippen LogP contribution is 2.36. The number of alkyl halides is 2. The molecule has 4 rings (SSSR count). The fourth-order valence-corrected chi connectivity index (χ4v) is 3.53. The van der Waals surface area contributed by atoms with Gasteiger partial charge in [-0.1, -0.05) is 42.0 Å². The van der Waals surface area contributed by atoms with E-state index in [-0.39, 0.29) is 5.56 Å². The number of methoxy groups -OCH3 is 1. The van der Waals surface area contributed by atoms with Crippen LogP contribution in [0.1, 0.15) is 28.8 Å². The molecule has 0 N–H and O–H groups in total. The van der Waals surface area contributed by atoms with Crippen molar-refractivity contribution in [3.63, 3.8) is 0 Å². The summed E-state index contributed by atoms with van der Waals surface area (Å²) in [5.41, 5.74) is 4.22. The van der Waals surface area contributed by atoms with Crippen LogP contribution in [0.2, 0.25) is 0 Å². The topological polar surface area (TPSA) is 39.9 Å². The first-order valence-electron chi connectivity index (χ1n) is 9.33. The molecule has 0 atom stereocenters. The van der Waals surface area contributed by atoms with Gasteiger partial charge in [-0.05, 0) is 37.6 Å². The summed E-state index contributed by atoms with van der Waals surface area (Å²) in [5, 5.41) is 4.93. The van der Waals surface area contributed by atoms with Gasteiger partial charge in [0, 0.05) is 11.1 Å². The van der Waals surface area contributed by atoms with Crippen LogP contribution in [0, 0.1) is 13.8 Å². The fourth-order valence-electron chi connectivity index (χ4n) is 3.53. The number of para-hydroxylation sites is 1. The first-order chi connectivity index (χ1) is 14.0. The van der Waals surface area contributed by atoms with Gasteiger partial charge in [-0.15, -0.1) is 0 Å². The van der Waals surface area contributed by atoms with Crippen LogP contribution in [-0.2, 0) is 6.54 Å². The van der Waals surface area contributed by atoms with Gasteiger partial charge in [0.2, 0.25) is 0 Å². The normalized spacial score (nSPS) is 11.4. The second-order valence-corrected chi connectivity index (χ2v) is 7.02. The van der Waals surface area contributed by atoms with Gasteiger partial charge in [-0.25, -0.2) is 18.4 Å². The van der Waals surface area contributed by atoms with Crippen LogP contribution in [0.15, 0.2) is 54.6 Å². The predicted octanol–water partition coefficient (Wildman–Crippen LogP) is 5.71. The highest BCUT2D eigenvalue weighted by atomic mass is 19.3. The molecular formula is C23H21F2N3O. The van der Waals surface area contributed by atoms with Gasteiger partial charge in [-0.2, -0.15) is 5.10 Å². The van der Waals surface area contributed by atoms with Crippen molar-refractivity contribution in [2.45, 2.75) is 26.8 Å². The lowest BCUT2D eigenvalue weighted by Gasteiger charge is -2.11. The van der Waals surface area contributed by atoms with Crippen LogP contribution in [0.4, 0.5) is 8.78 Å². The average Bonchev–Trinajstić information content (AvgIpc) is 3.04. The minimum Gasteiger partial charge on any atom is -0.496 e. The highest BCUT2D eigenvalue weighted by Gasteiger charge is 2.22. The molecule has 0 fully saturated rings. The maximum Gasteiger partial charge on any atom is 0.264 e. The zero-order valence-corrected chi connectivity index (χ0v) is 16.5. The SMILES string of the molecule is COc1ccccc1-c1cc(C(F)F)c2c(C)nn(Cc3ccc(C)cc3)c2n1. The summed E-state index contributed by atoms with van der Waals surface area (Å²) in [5.74, 6) is 0.584. The monoisotopic (exact) mass is 393 g/mol. The van der Waals surface area contributed by atoms with Gasteiger partial charge in [0.15, 0.2) is 5.65 Å². The maximum atomic E-state index is 13.9. The molecule has 0 aliphatic heterocycles. The van der Waals surface area contributed by atoms with Crippen LogP contribution >= 0.6 is 0 Å². The molecule has 0 aliphatic carbocycles. The molecule has 4 aromatic rings. The molecule has 2 aromatic carbocycles. The molecule has 2 heterocycles. The quantitative estimate of drug-likeness (QED) is 0.436. The fraction of sp³-hybridized carbons (Fsp3) is 0.217. The summed E-state index contributed by atoms with van der Waals surface area (Å²) < 4.78 is 35.0. The van der Waals surface area contributed by atoms with Gasteiger partial charge in [0.25, 0.3) is 6.43 Å². The van der Waals surface area contributed by atoms with Crippen molar-refractivity contribution in [2.24, 2.45) is 0 Å². The molecule has 148 valence electrons. The Morgan fingerprint density at radius 1 is 1.03 bits per heavy atom. The standard InChI is InChI=1S/C23H21F2N3O/c1-14-8-10-16(11-9-14)13-28-23-21(15(2)27-28)18(22(24)25)12-19(26-23)17-6-4-5-7-20(17)29-3/h4-12,22H,13H2,1-3H3. The first-order valence-corrected chi connectivity index (χ1v) is 9.33. The summed E-state index contributed by atoms with van der Waals surface area (Å²) in [4.78, 5) is 4.72. The lowest BCUT2D eigenvalue weighted by atomic mass is 10.0. The Balaban J connectivity index is 1.92. The lowest BCUT2D eigenvalue weighted by Crippen LogP contribution is -2.04. The van der Waals surface area contributed by atoms with Crippen LogP contribution in [0.25, 0.3) is 22.3 Å². The van der Waals surface area contributed by atoms with E-state index in [1.54, 1.807) is 24.8 Å². The van der Waals surface area contributed by atoms with Crippen LogP contribution in [0.5, 0.6) is 5.75 Å². The molecule has 0 aliphatic rings. The van der Waals surface area contributed by atoms with E-state index in [9.17, 15) is 8.78 Å². The van der Waals surface area contributed by atoms with Gasteiger partial charge >= 0.3 is 0 Å². The molecule has 2 aromatic heterocycles. The number of halogens is 2. The van der Waals surface area contributed by atoms with Crippen molar-refractivity contribution in [1.29, 1.82) is 0 Å². The van der Waals surface area contributed by atoms with Gasteiger partial charge in [0.1, 0.15) is 5.75 Å². The molecule has 0 spiro atoms. The summed E-state index contributed by atoms with van der Waals surface area (Å²) in [7, 11) is 1.55. The molecule has 0 radical (unpaired) electrons. The van der Waals surface area contributed by atoms with Crippen molar-refractivity contribution < 1.29 is 13.5 Å². The van der Waals surface area contributed by atoms with Gasteiger partial charge < -0.3 is 4.74 Å². The summed E-state index contributed by atoms with van der Waals surface area (Å²) in [6, 6.07) is 16.8. The molecule has 0 amide bonds. The number of benzene rings is 2. The Labute approximate surface area is 167 Å². The number of aromatic nitrogens is 3. The predicted molar refractivity (Wildman–Crippen MR) is 109 cm³/mol. The molecule has 0 saturated carbocycles. The molecule has 29 heavy (non-hydrogen) atoms. The van der Waals surface area contributed by atoms with Crippen LogP contribution in [-0.4, -0.2) is 21.9 Å². The minimum absolute atomic E-state index is 0.0661. The van der Waals surface area contributed by atoms with Crippen molar-refractivity contribution in [1.82, 2.24) is 14.8 Å². The number of hydrogen-bond donors (Lipinski definition) is 0. The average molecular weight is 393 g/mol. The Hall–Kier alpha value is -3.28. The third-order valence-corrected chi connectivity index (χ3v) is 4.98. The molecule has 0 unspecified atom stereocenters. The number of rotatable bonds is 5. The lowest BCUT2D eigenvalue weighted by molar-refractivity contribution is 0.153. The molecule has 6 heteroatoms. The second-order valence-electron chi connectivity index (χ2n) is 7.02. The number of aryl methyl sites for hydroxylation is 2.